The molecule has 0 radical (unpaired) electrons. The second kappa shape index (κ2) is 8.78. The van der Waals surface area contributed by atoms with E-state index in [9.17, 15) is 5.26 Å². The van der Waals surface area contributed by atoms with Gasteiger partial charge in [0.1, 0.15) is 24.2 Å². The number of hydrogen-bond donors (Lipinski definition) is 0. The highest BCUT2D eigenvalue weighted by atomic mass is 28.3. The number of ether oxygens (including phenoxy) is 1. The summed E-state index contributed by atoms with van der Waals surface area (Å²) < 4.78 is 7.80. The minimum absolute atomic E-state index is 0.393. The molecule has 7 heteroatoms. The number of nitriles is 1. The zero-order chi connectivity index (χ0) is 19.2. The van der Waals surface area contributed by atoms with Crippen molar-refractivity contribution in [3.63, 3.8) is 0 Å². The Hall–Kier alpha value is -2.43. The van der Waals surface area contributed by atoms with Crippen molar-refractivity contribution in [3.8, 4) is 17.6 Å². The van der Waals surface area contributed by atoms with E-state index in [1.165, 1.54) is 0 Å². The van der Waals surface area contributed by atoms with Crippen LogP contribution in [0.5, 0.6) is 0 Å². The van der Waals surface area contributed by atoms with E-state index in [1.54, 1.807) is 12.4 Å². The van der Waals surface area contributed by atoms with Crippen LogP contribution < -0.4 is 0 Å². The fourth-order valence-electron chi connectivity index (χ4n) is 2.30. The van der Waals surface area contributed by atoms with Gasteiger partial charge >= 0.3 is 0 Å². The molecular weight excluding hydrogens is 342 g/mol. The van der Waals surface area contributed by atoms with Crippen molar-refractivity contribution in [2.24, 2.45) is 0 Å². The third-order valence-corrected chi connectivity index (χ3v) is 5.39. The Morgan fingerprint density at radius 2 is 2.12 bits per heavy atom. The van der Waals surface area contributed by atoms with Gasteiger partial charge in [0.05, 0.1) is 5.57 Å². The first-order valence-electron chi connectivity index (χ1n) is 8.65. The molecule has 6 nitrogen and oxygen atoms in total. The highest BCUT2D eigenvalue weighted by Gasteiger charge is 2.16. The Labute approximate surface area is 156 Å². The molecule has 0 unspecified atom stereocenters. The summed E-state index contributed by atoms with van der Waals surface area (Å²) in [6.45, 7) is 8.11. The molecule has 0 saturated carbocycles. The van der Waals surface area contributed by atoms with Crippen LogP contribution in [-0.4, -0.2) is 48.2 Å². The standard InChI is InChI=1S/C19H27N5OSi/c1-23(2)13-16(12-20)18-14-24(15-25-10-11-26(3,4)5)19(22-18)17-8-6-7-9-21-17/h6-9,13-14H,10-11,15H2,1-5H3. The minimum Gasteiger partial charge on any atom is -0.382 e. The lowest BCUT2D eigenvalue weighted by Crippen LogP contribution is -2.22. The smallest absolute Gasteiger partial charge is 0.161 e. The van der Waals surface area contributed by atoms with Crippen molar-refractivity contribution >= 4 is 13.6 Å². The highest BCUT2D eigenvalue weighted by Crippen LogP contribution is 2.21. The Balaban J connectivity index is 2.28. The van der Waals surface area contributed by atoms with Crippen LogP contribution in [0.3, 0.4) is 0 Å². The second-order valence-corrected chi connectivity index (χ2v) is 13.2. The predicted octanol–water partition coefficient (Wildman–Crippen LogP) is 3.68. The van der Waals surface area contributed by atoms with Gasteiger partial charge in [0.15, 0.2) is 5.82 Å². The first-order chi connectivity index (χ1) is 12.3. The summed E-state index contributed by atoms with van der Waals surface area (Å²) in [6, 6.07) is 9.03. The number of nitrogens with zero attached hydrogens (tertiary/aromatic N) is 5. The van der Waals surface area contributed by atoms with E-state index in [0.717, 1.165) is 18.3 Å². The lowest BCUT2D eigenvalue weighted by Gasteiger charge is -2.16. The number of imidazole rings is 1. The van der Waals surface area contributed by atoms with Crippen LogP contribution in [0.1, 0.15) is 5.69 Å². The third-order valence-electron chi connectivity index (χ3n) is 3.68. The molecule has 0 aliphatic heterocycles. The molecule has 2 heterocycles. The SMILES string of the molecule is CN(C)C=C(C#N)c1cn(COCC[Si](C)(C)C)c(-c2ccccn2)n1. The van der Waals surface area contributed by atoms with E-state index in [1.807, 2.05) is 48.0 Å². The summed E-state index contributed by atoms with van der Waals surface area (Å²) in [5, 5.41) is 9.47. The maximum absolute atomic E-state index is 9.47. The molecule has 138 valence electrons. The highest BCUT2D eigenvalue weighted by molar-refractivity contribution is 6.76. The fourth-order valence-corrected chi connectivity index (χ4v) is 3.05. The van der Waals surface area contributed by atoms with Gasteiger partial charge in [-0.1, -0.05) is 25.7 Å². The number of allylic oxidation sites excluding steroid dienone is 1. The maximum Gasteiger partial charge on any atom is 0.161 e. The van der Waals surface area contributed by atoms with Crippen LogP contribution in [0, 0.1) is 11.3 Å². The topological polar surface area (TPSA) is 67.0 Å². The molecule has 0 aliphatic carbocycles. The molecule has 2 aromatic rings. The molecule has 0 aromatic carbocycles. The first-order valence-corrected chi connectivity index (χ1v) is 12.4. The molecule has 0 spiro atoms. The molecule has 2 rings (SSSR count). The van der Waals surface area contributed by atoms with Gasteiger partial charge in [0.25, 0.3) is 0 Å². The maximum atomic E-state index is 9.47. The second-order valence-electron chi connectivity index (χ2n) is 7.60. The number of aromatic nitrogens is 3. The summed E-state index contributed by atoms with van der Waals surface area (Å²) in [7, 11) is 2.64. The Bertz CT molecular complexity index is 784. The summed E-state index contributed by atoms with van der Waals surface area (Å²) in [6.07, 6.45) is 5.36. The molecule has 0 atom stereocenters. The van der Waals surface area contributed by atoms with Gasteiger partial charge in [-0.25, -0.2) is 4.98 Å². The lowest BCUT2D eigenvalue weighted by molar-refractivity contribution is 0.0882. The van der Waals surface area contributed by atoms with Crippen LogP contribution in [0.25, 0.3) is 17.1 Å². The summed E-state index contributed by atoms with van der Waals surface area (Å²) in [4.78, 5) is 10.9. The van der Waals surface area contributed by atoms with E-state index >= 15 is 0 Å². The number of rotatable bonds is 8. The molecule has 0 saturated heterocycles. The van der Waals surface area contributed by atoms with Crippen molar-refractivity contribution in [1.82, 2.24) is 19.4 Å². The zero-order valence-electron chi connectivity index (χ0n) is 16.2. The molecule has 0 N–H and O–H groups in total. The lowest BCUT2D eigenvalue weighted by atomic mass is 10.2. The van der Waals surface area contributed by atoms with Crippen molar-refractivity contribution < 1.29 is 4.74 Å². The minimum atomic E-state index is -1.13. The number of pyridine rings is 1. The van der Waals surface area contributed by atoms with E-state index in [0.29, 0.717) is 23.8 Å². The molecule has 0 fully saturated rings. The van der Waals surface area contributed by atoms with Crippen LogP contribution in [0.15, 0.2) is 36.8 Å². The fraction of sp³-hybridized carbons (Fsp3) is 0.421. The largest absolute Gasteiger partial charge is 0.382 e. The van der Waals surface area contributed by atoms with Crippen LogP contribution in [0.4, 0.5) is 0 Å². The predicted molar refractivity (Wildman–Crippen MR) is 107 cm³/mol. The van der Waals surface area contributed by atoms with Gasteiger partial charge in [-0.15, -0.1) is 0 Å². The van der Waals surface area contributed by atoms with Crippen LogP contribution in [-0.2, 0) is 11.5 Å². The average molecular weight is 370 g/mol. The molecule has 2 aromatic heterocycles. The van der Waals surface area contributed by atoms with Crippen molar-refractivity contribution in [2.75, 3.05) is 20.7 Å². The van der Waals surface area contributed by atoms with Crippen molar-refractivity contribution in [2.45, 2.75) is 32.4 Å². The first kappa shape index (κ1) is 19.9. The van der Waals surface area contributed by atoms with Gasteiger partial charge < -0.3 is 14.2 Å². The average Bonchev–Trinajstić information content (AvgIpc) is 3.00. The van der Waals surface area contributed by atoms with E-state index < -0.39 is 8.07 Å². The van der Waals surface area contributed by atoms with Gasteiger partial charge in [-0.2, -0.15) is 5.26 Å². The van der Waals surface area contributed by atoms with Gasteiger partial charge in [0.2, 0.25) is 0 Å². The van der Waals surface area contributed by atoms with Gasteiger partial charge in [0, 0.05) is 47.4 Å². The quantitative estimate of drug-likeness (QED) is 0.403. The van der Waals surface area contributed by atoms with Crippen LogP contribution in [0.2, 0.25) is 25.7 Å². The van der Waals surface area contributed by atoms with Gasteiger partial charge in [-0.05, 0) is 18.2 Å². The monoisotopic (exact) mass is 369 g/mol. The van der Waals surface area contributed by atoms with E-state index in [-0.39, 0.29) is 0 Å². The van der Waals surface area contributed by atoms with Crippen molar-refractivity contribution in [1.29, 1.82) is 5.26 Å². The van der Waals surface area contributed by atoms with E-state index in [4.69, 9.17) is 4.74 Å². The number of hydrogen-bond acceptors (Lipinski definition) is 5. The Morgan fingerprint density at radius 3 is 2.69 bits per heavy atom. The third kappa shape index (κ3) is 5.83. The normalized spacial score (nSPS) is 12.1. The summed E-state index contributed by atoms with van der Waals surface area (Å²) in [5.41, 5.74) is 1.89. The molecule has 26 heavy (non-hydrogen) atoms. The Kier molecular flexibility index (Phi) is 6.72. The molecule has 0 aliphatic rings. The molecule has 0 bridgehead atoms. The van der Waals surface area contributed by atoms with E-state index in [2.05, 4.69) is 35.7 Å². The van der Waals surface area contributed by atoms with Gasteiger partial charge in [-0.3, -0.25) is 4.98 Å². The molecule has 0 amide bonds. The Morgan fingerprint density at radius 1 is 1.35 bits per heavy atom. The van der Waals surface area contributed by atoms with Crippen LogP contribution >= 0.6 is 0 Å². The zero-order valence-corrected chi connectivity index (χ0v) is 17.2. The van der Waals surface area contributed by atoms with Crippen molar-refractivity contribution in [3.05, 3.63) is 42.5 Å². The summed E-state index contributed by atoms with van der Waals surface area (Å²) >= 11 is 0. The molecular formula is C19H27N5OSi. The summed E-state index contributed by atoms with van der Waals surface area (Å²) in [5.74, 6) is 0.702.